The van der Waals surface area contributed by atoms with Crippen molar-refractivity contribution in [2.24, 2.45) is 0 Å². The summed E-state index contributed by atoms with van der Waals surface area (Å²) in [6, 6.07) is 18.4. The topological polar surface area (TPSA) is 86.7 Å². The minimum absolute atomic E-state index is 0.119. The lowest BCUT2D eigenvalue weighted by Crippen LogP contribution is -2.38. The van der Waals surface area contributed by atoms with Crippen LogP contribution in [0.4, 0.5) is 16.2 Å². The first-order chi connectivity index (χ1) is 15.8. The highest BCUT2D eigenvalue weighted by Crippen LogP contribution is 2.21. The van der Waals surface area contributed by atoms with Crippen molar-refractivity contribution in [1.29, 1.82) is 0 Å². The molecule has 0 atom stereocenters. The Morgan fingerprint density at radius 1 is 1.03 bits per heavy atom. The number of nitrogens with zero attached hydrogens (tertiary/aromatic N) is 3. The van der Waals surface area contributed by atoms with Crippen LogP contribution in [0.15, 0.2) is 72.6 Å². The molecule has 0 spiro atoms. The van der Waals surface area contributed by atoms with Gasteiger partial charge in [-0.05, 0) is 61.0 Å². The number of carbonyl (C=O) groups excluding carboxylic acids is 3. The van der Waals surface area contributed by atoms with Gasteiger partial charge in [0.15, 0.2) is 0 Å². The molecular weight excluding hydrogens is 418 g/mol. The van der Waals surface area contributed by atoms with Gasteiger partial charge in [0.1, 0.15) is 12.2 Å². The number of nitrogens with one attached hydrogen (secondary N) is 2. The highest BCUT2D eigenvalue weighted by Gasteiger charge is 2.35. The van der Waals surface area contributed by atoms with Gasteiger partial charge >= 0.3 is 6.03 Å². The molecule has 8 nitrogen and oxygen atoms in total. The first-order valence-corrected chi connectivity index (χ1v) is 10.5. The summed E-state index contributed by atoms with van der Waals surface area (Å²) in [7, 11) is 3.95. The number of imide groups is 1. The van der Waals surface area contributed by atoms with Crippen LogP contribution in [0.25, 0.3) is 11.8 Å². The summed E-state index contributed by atoms with van der Waals surface area (Å²) in [5, 5.41) is 5.32. The molecule has 3 aromatic rings. The fourth-order valence-electron chi connectivity index (χ4n) is 3.57. The first kappa shape index (κ1) is 21.9. The molecule has 1 aliphatic heterocycles. The number of aryl methyl sites for hydroxylation is 1. The van der Waals surface area contributed by atoms with Crippen molar-refractivity contribution in [3.05, 3.63) is 83.8 Å². The number of rotatable bonds is 6. The van der Waals surface area contributed by atoms with Crippen molar-refractivity contribution in [3.63, 3.8) is 0 Å². The molecule has 0 unspecified atom stereocenters. The molecule has 33 heavy (non-hydrogen) atoms. The first-order valence-electron chi connectivity index (χ1n) is 10.5. The van der Waals surface area contributed by atoms with Gasteiger partial charge in [-0.15, -0.1) is 0 Å². The van der Waals surface area contributed by atoms with Crippen molar-refractivity contribution >= 4 is 35.3 Å². The standard InChI is InChI=1S/C25H25N5O3/c1-17-7-4-5-9-21(17)26-23(31)16-30-24(32)22(27-25(30)33)15-20-8-6-14-29(20)19-12-10-18(11-13-19)28(2)3/h4-15H,16H2,1-3H3,(H,26,31)(H,27,33)/b22-15-. The second-order valence-corrected chi connectivity index (χ2v) is 7.96. The zero-order chi connectivity index (χ0) is 23.5. The molecule has 1 saturated heterocycles. The van der Waals surface area contributed by atoms with Gasteiger partial charge in [-0.1, -0.05) is 18.2 Å². The molecule has 0 radical (unpaired) electrons. The lowest BCUT2D eigenvalue weighted by molar-refractivity contribution is -0.127. The third-order valence-electron chi connectivity index (χ3n) is 5.40. The van der Waals surface area contributed by atoms with Crippen molar-refractivity contribution < 1.29 is 14.4 Å². The number of carbonyl (C=O) groups is 3. The largest absolute Gasteiger partial charge is 0.378 e. The quantitative estimate of drug-likeness (QED) is 0.452. The number of hydrogen-bond donors (Lipinski definition) is 2. The highest BCUT2D eigenvalue weighted by molar-refractivity contribution is 6.15. The average Bonchev–Trinajstić information content (AvgIpc) is 3.35. The van der Waals surface area contributed by atoms with Gasteiger partial charge in [0.05, 0.1) is 0 Å². The SMILES string of the molecule is Cc1ccccc1NC(=O)CN1C(=O)N/C(=C\c2cccn2-c2ccc(N(C)C)cc2)C1=O. The number of urea groups is 1. The van der Waals surface area contributed by atoms with E-state index in [2.05, 4.69) is 10.6 Å². The number of benzene rings is 2. The van der Waals surface area contributed by atoms with Crippen LogP contribution in [0.1, 0.15) is 11.3 Å². The fourth-order valence-corrected chi connectivity index (χ4v) is 3.57. The molecule has 168 valence electrons. The number of anilines is 2. The van der Waals surface area contributed by atoms with E-state index in [-0.39, 0.29) is 12.2 Å². The normalized spacial score (nSPS) is 14.5. The Hall–Kier alpha value is -4.33. The second-order valence-electron chi connectivity index (χ2n) is 7.96. The molecule has 0 saturated carbocycles. The molecule has 2 heterocycles. The van der Waals surface area contributed by atoms with Crippen LogP contribution in [0.5, 0.6) is 0 Å². The fraction of sp³-hybridized carbons (Fsp3) is 0.160. The van der Waals surface area contributed by atoms with Crippen LogP contribution in [-0.2, 0) is 9.59 Å². The third kappa shape index (κ3) is 4.64. The molecular formula is C25H25N5O3. The lowest BCUT2D eigenvalue weighted by Gasteiger charge is -2.14. The van der Waals surface area contributed by atoms with Crippen molar-refractivity contribution in [2.75, 3.05) is 30.9 Å². The van der Waals surface area contributed by atoms with Crippen LogP contribution >= 0.6 is 0 Å². The minimum atomic E-state index is -0.625. The lowest BCUT2D eigenvalue weighted by atomic mass is 10.2. The maximum absolute atomic E-state index is 12.8. The highest BCUT2D eigenvalue weighted by atomic mass is 16.2. The minimum Gasteiger partial charge on any atom is -0.378 e. The zero-order valence-corrected chi connectivity index (χ0v) is 18.7. The molecule has 0 bridgehead atoms. The Labute approximate surface area is 192 Å². The molecule has 1 fully saturated rings. The molecule has 4 rings (SSSR count). The number of hydrogen-bond acceptors (Lipinski definition) is 4. The Kier molecular flexibility index (Phi) is 5.99. The summed E-state index contributed by atoms with van der Waals surface area (Å²) in [5.41, 5.74) is 4.37. The van der Waals surface area contributed by atoms with Gasteiger partial charge in [-0.25, -0.2) is 9.69 Å². The molecule has 2 N–H and O–H groups in total. The summed E-state index contributed by atoms with van der Waals surface area (Å²) in [5.74, 6) is -0.992. The summed E-state index contributed by atoms with van der Waals surface area (Å²) in [6.07, 6.45) is 3.49. The maximum atomic E-state index is 12.8. The van der Waals surface area contributed by atoms with Crippen molar-refractivity contribution in [1.82, 2.24) is 14.8 Å². The van der Waals surface area contributed by atoms with E-state index in [4.69, 9.17) is 0 Å². The van der Waals surface area contributed by atoms with Gasteiger partial charge in [0, 0.05) is 43.0 Å². The third-order valence-corrected chi connectivity index (χ3v) is 5.40. The number of aromatic nitrogens is 1. The van der Waals surface area contributed by atoms with Crippen LogP contribution in [0.3, 0.4) is 0 Å². The molecule has 2 aromatic carbocycles. The summed E-state index contributed by atoms with van der Waals surface area (Å²) in [4.78, 5) is 40.6. The Morgan fingerprint density at radius 3 is 2.45 bits per heavy atom. The van der Waals surface area contributed by atoms with Crippen molar-refractivity contribution in [3.8, 4) is 5.69 Å². The van der Waals surface area contributed by atoms with Gasteiger partial charge in [0.2, 0.25) is 5.91 Å². The predicted molar refractivity (Wildman–Crippen MR) is 128 cm³/mol. The van der Waals surface area contributed by atoms with Crippen LogP contribution in [-0.4, -0.2) is 48.0 Å². The summed E-state index contributed by atoms with van der Waals surface area (Å²) in [6.45, 7) is 1.50. The Balaban J connectivity index is 1.50. The Morgan fingerprint density at radius 2 is 1.76 bits per heavy atom. The average molecular weight is 444 g/mol. The summed E-state index contributed by atoms with van der Waals surface area (Å²) >= 11 is 0. The van der Waals surface area contributed by atoms with Crippen LogP contribution < -0.4 is 15.5 Å². The number of para-hydroxylation sites is 1. The smallest absolute Gasteiger partial charge is 0.329 e. The summed E-state index contributed by atoms with van der Waals surface area (Å²) < 4.78 is 1.92. The van der Waals surface area contributed by atoms with E-state index in [0.29, 0.717) is 5.69 Å². The monoisotopic (exact) mass is 443 g/mol. The van der Waals surface area contributed by atoms with E-state index in [9.17, 15) is 14.4 Å². The van der Waals surface area contributed by atoms with E-state index < -0.39 is 17.8 Å². The second kappa shape index (κ2) is 9.04. The maximum Gasteiger partial charge on any atom is 0.329 e. The number of amides is 4. The zero-order valence-electron chi connectivity index (χ0n) is 18.7. The van der Waals surface area contributed by atoms with E-state index >= 15 is 0 Å². The van der Waals surface area contributed by atoms with Gasteiger partial charge < -0.3 is 20.1 Å². The molecule has 4 amide bonds. The van der Waals surface area contributed by atoms with Gasteiger partial charge in [0.25, 0.3) is 5.91 Å². The van der Waals surface area contributed by atoms with Gasteiger partial charge in [-0.2, -0.15) is 0 Å². The Bertz CT molecular complexity index is 1240. The van der Waals surface area contributed by atoms with Crippen LogP contribution in [0.2, 0.25) is 0 Å². The van der Waals surface area contributed by atoms with Gasteiger partial charge in [-0.3, -0.25) is 9.59 Å². The molecule has 0 aliphatic carbocycles. The van der Waals surface area contributed by atoms with E-state index in [1.165, 1.54) is 0 Å². The van der Waals surface area contributed by atoms with Crippen molar-refractivity contribution in [2.45, 2.75) is 6.92 Å². The van der Waals surface area contributed by atoms with Crippen LogP contribution in [0, 0.1) is 6.92 Å². The molecule has 1 aliphatic rings. The van der Waals surface area contributed by atoms with E-state index in [0.717, 1.165) is 27.5 Å². The van der Waals surface area contributed by atoms with E-state index in [1.54, 1.807) is 18.2 Å². The van der Waals surface area contributed by atoms with E-state index in [1.807, 2.05) is 85.2 Å². The predicted octanol–water partition coefficient (Wildman–Crippen LogP) is 3.38. The molecule has 1 aromatic heterocycles. The molecule has 8 heteroatoms.